The predicted octanol–water partition coefficient (Wildman–Crippen LogP) is 7.95. The lowest BCUT2D eigenvalue weighted by Gasteiger charge is -2.21. The number of amides is 4. The number of hydrogen-bond acceptors (Lipinski definition) is 16. The Morgan fingerprint density at radius 3 is 0.899 bits per heavy atom. The molecule has 89 heavy (non-hydrogen) atoms. The number of urea groups is 2. The minimum Gasteiger partial charge on any atom is -0.481 e. The van der Waals surface area contributed by atoms with Gasteiger partial charge in [-0.2, -0.15) is 5.53 Å². The first-order valence-electron chi connectivity index (χ1n) is 25.5. The Kier molecular flexibility index (Phi) is 37.2. The first kappa shape index (κ1) is 73.0. The summed E-state index contributed by atoms with van der Waals surface area (Å²) >= 11 is 0. The van der Waals surface area contributed by atoms with Gasteiger partial charge >= 0.3 is 59.8 Å². The molecule has 4 aromatic rings. The second-order valence-electron chi connectivity index (χ2n) is 16.9. The number of ether oxygens (including phenoxy) is 4. The summed E-state index contributed by atoms with van der Waals surface area (Å²) in [4.78, 5) is 119. The van der Waals surface area contributed by atoms with Crippen LogP contribution >= 0.6 is 0 Å². The molecule has 0 aliphatic carbocycles. The number of halogens is 1. The zero-order valence-corrected chi connectivity index (χ0v) is 46.4. The zero-order valence-electron chi connectivity index (χ0n) is 46.4. The summed E-state index contributed by atoms with van der Waals surface area (Å²) in [5.74, 6) is -8.18. The third-order valence-corrected chi connectivity index (χ3v) is 10.4. The van der Waals surface area contributed by atoms with E-state index < -0.39 is 96.8 Å². The van der Waals surface area contributed by atoms with Crippen molar-refractivity contribution in [2.45, 2.75) is 102 Å². The molecule has 472 valence electrons. The van der Waals surface area contributed by atoms with Gasteiger partial charge in [0.05, 0.1) is 0 Å². The van der Waals surface area contributed by atoms with Crippen molar-refractivity contribution in [1.82, 2.24) is 21.3 Å². The van der Waals surface area contributed by atoms with Crippen LogP contribution in [0.5, 0.6) is 0 Å². The van der Waals surface area contributed by atoms with Gasteiger partial charge in [-0.3, -0.25) is 19.2 Å². The molecule has 0 heterocycles. The van der Waals surface area contributed by atoms with Crippen molar-refractivity contribution in [3.8, 4) is 0 Å². The predicted molar refractivity (Wildman–Crippen MR) is 291 cm³/mol. The summed E-state index contributed by atoms with van der Waals surface area (Å²) in [6.07, 6.45) is -2.44. The molecule has 4 rings (SSSR count). The Labute approximate surface area is 501 Å². The van der Waals surface area contributed by atoms with E-state index in [1.165, 1.54) is 0 Å². The van der Waals surface area contributed by atoms with E-state index in [2.05, 4.69) is 83.8 Å². The fourth-order valence-electron chi connectivity index (χ4n) is 6.30. The topological polar surface area (TPSA) is 546 Å². The third-order valence-electron chi connectivity index (χ3n) is 10.4. The molecule has 0 aliphatic rings. The first-order valence-corrected chi connectivity index (χ1v) is 25.5. The average Bonchev–Trinajstić information content (AvgIpc) is 3.68. The highest BCUT2D eigenvalue weighted by Gasteiger charge is 2.29. The molecule has 0 saturated carbocycles. The van der Waals surface area contributed by atoms with E-state index in [0.717, 1.165) is 22.3 Å². The third kappa shape index (κ3) is 37.0. The number of aliphatic carboxylic acids is 4. The molecule has 4 atom stereocenters. The second kappa shape index (κ2) is 45.4. The van der Waals surface area contributed by atoms with Gasteiger partial charge in [-0.05, 0) is 84.5 Å². The number of hydrogen-bond donors (Lipinski definition) is 9. The molecular weight excluding hydrogens is 1190 g/mol. The van der Waals surface area contributed by atoms with E-state index in [1.54, 1.807) is 53.9 Å². The summed E-state index contributed by atoms with van der Waals surface area (Å²) in [6.45, 7) is -0.0105. The van der Waals surface area contributed by atoms with Gasteiger partial charge in [0.15, 0.2) is 0 Å². The number of carbonyl (C=O) groups excluding carboxylic acids is 6. The minimum atomic E-state index is -1.51. The number of esters is 4. The van der Waals surface area contributed by atoms with Crippen molar-refractivity contribution in [2.75, 3.05) is 0 Å². The minimum absolute atomic E-state index is 0.0528. The van der Waals surface area contributed by atoms with E-state index in [1.807, 2.05) is 83.4 Å². The summed E-state index contributed by atoms with van der Waals surface area (Å²) in [5.41, 5.74) is 9.21. The van der Waals surface area contributed by atoms with Crippen LogP contribution in [0.2, 0.25) is 0 Å². The largest absolute Gasteiger partial charge is 0.481 e. The van der Waals surface area contributed by atoms with Crippen LogP contribution in [-0.4, -0.2) is 104 Å². The highest BCUT2D eigenvalue weighted by atomic mass is 19.2. The number of nitrogens with zero attached hydrogens (tertiary/aromatic N) is 15. The number of carboxylic acid groups (broad SMARTS) is 4. The van der Waals surface area contributed by atoms with Gasteiger partial charge in [0.2, 0.25) is 0 Å². The lowest BCUT2D eigenvalue weighted by molar-refractivity contribution is -0.150. The molecule has 0 spiro atoms. The van der Waals surface area contributed by atoms with Gasteiger partial charge in [0, 0.05) is 67.6 Å². The van der Waals surface area contributed by atoms with Crippen molar-refractivity contribution in [1.29, 1.82) is 5.53 Å². The quantitative estimate of drug-likeness (QED) is 0.00912. The zero-order chi connectivity index (χ0) is 65.3. The van der Waals surface area contributed by atoms with Crippen LogP contribution in [0.15, 0.2) is 200 Å². The number of benzene rings is 4. The maximum absolute atomic E-state index is 13.3. The molecule has 0 bridgehead atoms. The van der Waals surface area contributed by atoms with Crippen LogP contribution in [0.3, 0.4) is 0 Å². The van der Waals surface area contributed by atoms with E-state index >= 15 is 0 Å². The summed E-state index contributed by atoms with van der Waals surface area (Å²) < 4.78 is 32.5. The SMILES string of the molecule is N=N/N=N/N=N/N=N/N=N/N=N/N=N/N=NF.O=C(N[C@@H](CCC(=O)OCc1ccccc1)C(=O)OCc1ccccc1)N[C@H](CCC(=O)OCc1ccccc1)C(=O)OCc1ccccc1.O=C(O)CC[C@H](NC(=O)N[C@H](CCC(=O)O)C(=O)O)C(=O)O. The molecule has 0 aromatic heterocycles. The molecule has 4 aromatic carbocycles. The fraction of sp³-hybridized carbons (Fsp3) is 0.320. The summed E-state index contributed by atoms with van der Waals surface area (Å²) in [7, 11) is 0. The van der Waals surface area contributed by atoms with E-state index in [-0.39, 0.29) is 65.0 Å². The van der Waals surface area contributed by atoms with Crippen molar-refractivity contribution >= 4 is 59.8 Å². The van der Waals surface area contributed by atoms with Gasteiger partial charge in [0.25, 0.3) is 0 Å². The van der Waals surface area contributed by atoms with Crippen LogP contribution in [0.25, 0.3) is 0 Å². The van der Waals surface area contributed by atoms with Gasteiger partial charge < -0.3 is 60.6 Å². The van der Waals surface area contributed by atoms with Gasteiger partial charge in [0.1, 0.15) is 50.6 Å². The smallest absolute Gasteiger partial charge is 0.329 e. The number of carboxylic acids is 4. The number of rotatable bonds is 35. The number of carbonyl (C=O) groups is 10. The Morgan fingerprint density at radius 2 is 0.629 bits per heavy atom. The van der Waals surface area contributed by atoms with Crippen LogP contribution in [-0.2, 0) is 83.7 Å². The maximum Gasteiger partial charge on any atom is 0.329 e. The van der Waals surface area contributed by atoms with Crippen LogP contribution in [0.1, 0.15) is 73.6 Å². The standard InChI is InChI=1S/C39H40N2O9.C11H16N2O9.FHN16/c42-35(47-25-29-13-5-1-6-14-29)23-21-33(37(44)49-27-31-17-9-3-10-18-31)40-39(46)41-34(38(45)50-28-32-19-11-4-12-20-32)22-24-36(43)48-26-30-15-7-2-8-16-30;14-7(15)3-1-5(9(18)19)12-11(22)13-6(10(20)21)2-4-8(16)17;1-3-5-7-9-11-13-15-17-16-14-12-10-8-6-4-2/h1-20,33-34H,21-28H2,(H2,40,41,46);5-6H,1-4H2,(H,14,15)(H,16,17)(H,18,19)(H,20,21)(H2,12,13,22);2H/b;;4-2?,5-3?,8-6+,9-7+,12-10+,13-11+,16-14+,17-15+/t33-,34+;5-,6+;. The van der Waals surface area contributed by atoms with Crippen molar-refractivity contribution in [3.63, 3.8) is 0 Å². The van der Waals surface area contributed by atoms with E-state index in [9.17, 15) is 52.4 Å². The van der Waals surface area contributed by atoms with E-state index in [0.29, 0.717) is 0 Å². The fourth-order valence-corrected chi connectivity index (χ4v) is 6.30. The molecule has 0 unspecified atom stereocenters. The highest BCUT2D eigenvalue weighted by Crippen LogP contribution is 2.12. The Hall–Kier alpha value is -12.1. The molecule has 0 aliphatic heterocycles. The molecule has 0 saturated heterocycles. The van der Waals surface area contributed by atoms with Crippen molar-refractivity contribution < 1.29 is 91.8 Å². The molecule has 0 fully saturated rings. The molecule has 9 N–H and O–H groups in total. The van der Waals surface area contributed by atoms with Crippen LogP contribution in [0, 0.1) is 5.53 Å². The van der Waals surface area contributed by atoms with Gasteiger partial charge in [-0.1, -0.05) is 126 Å². The van der Waals surface area contributed by atoms with Gasteiger partial charge in [-0.15, -0.1) is 0 Å². The second-order valence-corrected chi connectivity index (χ2v) is 16.9. The Morgan fingerprint density at radius 1 is 0.371 bits per heavy atom. The number of nitrogens with one attached hydrogen (secondary N) is 5. The van der Waals surface area contributed by atoms with Crippen LogP contribution < -0.4 is 21.3 Å². The lowest BCUT2D eigenvalue weighted by Crippen LogP contribution is -2.52. The molecule has 38 nitrogen and oxygen atoms in total. The van der Waals surface area contributed by atoms with Crippen molar-refractivity contribution in [3.05, 3.63) is 144 Å². The molecule has 39 heteroatoms. The summed E-state index contributed by atoms with van der Waals surface area (Å²) in [5, 5.41) is 84.4. The molecule has 4 amide bonds. The Balaban J connectivity index is 0.000000568. The van der Waals surface area contributed by atoms with Crippen LogP contribution in [0.4, 0.5) is 14.1 Å². The Bertz CT molecular complexity index is 2930. The maximum atomic E-state index is 13.3. The van der Waals surface area contributed by atoms with E-state index in [4.69, 9.17) is 44.9 Å². The molecular formula is C50H57FN20O18. The summed E-state index contributed by atoms with van der Waals surface area (Å²) in [6, 6.07) is 28.6. The lowest BCUT2D eigenvalue weighted by atomic mass is 10.1. The normalized spacial score (nSPS) is 12.4. The van der Waals surface area contributed by atoms with Gasteiger partial charge in [-0.25, -0.2) is 28.8 Å². The van der Waals surface area contributed by atoms with Crippen molar-refractivity contribution in [2.24, 2.45) is 78.5 Å². The molecule has 0 radical (unpaired) electrons. The monoisotopic (exact) mass is 1240 g/mol. The first-order chi connectivity index (χ1) is 42.9. The highest BCUT2D eigenvalue weighted by molar-refractivity contribution is 5.88. The average molecular weight is 1250 g/mol.